The predicted octanol–water partition coefficient (Wildman–Crippen LogP) is 2.52. The molecule has 0 radical (unpaired) electrons. The minimum Gasteiger partial charge on any atom is -0.396 e. The summed E-state index contributed by atoms with van der Waals surface area (Å²) in [5.41, 5.74) is 4.88. The molecule has 0 aliphatic rings. The second-order valence-corrected chi connectivity index (χ2v) is 3.65. The van der Waals surface area contributed by atoms with Crippen LogP contribution in [0.5, 0.6) is 0 Å². The van der Waals surface area contributed by atoms with Crippen molar-refractivity contribution in [3.63, 3.8) is 0 Å². The SMILES string of the molecule is Nc1cnn(-c2ncc(C(F)(F)F)cc2Cl)c1. The van der Waals surface area contributed by atoms with Crippen LogP contribution in [0.1, 0.15) is 5.56 Å². The molecule has 0 unspecified atom stereocenters. The monoisotopic (exact) mass is 262 g/mol. The molecule has 17 heavy (non-hydrogen) atoms. The maximum atomic E-state index is 12.4. The van der Waals surface area contributed by atoms with Gasteiger partial charge in [0.25, 0.3) is 0 Å². The fourth-order valence-corrected chi connectivity index (χ4v) is 1.46. The van der Waals surface area contributed by atoms with E-state index in [1.54, 1.807) is 0 Å². The summed E-state index contributed by atoms with van der Waals surface area (Å²) in [4.78, 5) is 3.62. The highest BCUT2D eigenvalue weighted by Crippen LogP contribution is 2.31. The van der Waals surface area contributed by atoms with Gasteiger partial charge in [-0.1, -0.05) is 11.6 Å². The summed E-state index contributed by atoms with van der Waals surface area (Å²) in [6, 6.07) is 0.793. The van der Waals surface area contributed by atoms with Crippen LogP contribution in [0, 0.1) is 0 Å². The molecular weight excluding hydrogens is 257 g/mol. The number of nitrogens with two attached hydrogens (primary N) is 1. The normalized spacial score (nSPS) is 11.8. The molecule has 0 amide bonds. The molecule has 0 saturated carbocycles. The number of halogens is 4. The maximum Gasteiger partial charge on any atom is 0.417 e. The lowest BCUT2D eigenvalue weighted by Crippen LogP contribution is -2.07. The van der Waals surface area contributed by atoms with E-state index in [2.05, 4.69) is 10.1 Å². The van der Waals surface area contributed by atoms with Crippen molar-refractivity contribution in [1.82, 2.24) is 14.8 Å². The van der Waals surface area contributed by atoms with Crippen molar-refractivity contribution in [2.75, 3.05) is 5.73 Å². The average Bonchev–Trinajstić information content (AvgIpc) is 2.63. The summed E-state index contributed by atoms with van der Waals surface area (Å²) in [5, 5.41) is 3.65. The lowest BCUT2D eigenvalue weighted by Gasteiger charge is -2.08. The first kappa shape index (κ1) is 11.7. The number of pyridine rings is 1. The third-order valence-electron chi connectivity index (χ3n) is 1.97. The first-order valence-corrected chi connectivity index (χ1v) is 4.79. The van der Waals surface area contributed by atoms with E-state index in [1.807, 2.05) is 0 Å². The first-order chi connectivity index (χ1) is 7.88. The first-order valence-electron chi connectivity index (χ1n) is 4.41. The number of aromatic nitrogens is 3. The molecule has 8 heteroatoms. The number of anilines is 1. The number of alkyl halides is 3. The van der Waals surface area contributed by atoms with Gasteiger partial charge in [-0.15, -0.1) is 0 Å². The van der Waals surface area contributed by atoms with Crippen LogP contribution < -0.4 is 5.73 Å². The number of nitrogens with zero attached hydrogens (tertiary/aromatic N) is 3. The minimum atomic E-state index is -4.47. The van der Waals surface area contributed by atoms with Gasteiger partial charge in [0.05, 0.1) is 28.7 Å². The van der Waals surface area contributed by atoms with E-state index >= 15 is 0 Å². The smallest absolute Gasteiger partial charge is 0.396 e. The Balaban J connectivity index is 2.45. The van der Waals surface area contributed by atoms with Crippen LogP contribution in [0.4, 0.5) is 18.9 Å². The highest BCUT2D eigenvalue weighted by molar-refractivity contribution is 6.32. The highest BCUT2D eigenvalue weighted by atomic mass is 35.5. The molecule has 0 bridgehead atoms. The van der Waals surface area contributed by atoms with Gasteiger partial charge in [-0.2, -0.15) is 18.3 Å². The van der Waals surface area contributed by atoms with E-state index in [-0.39, 0.29) is 10.8 Å². The van der Waals surface area contributed by atoms with Crippen LogP contribution in [0.2, 0.25) is 5.02 Å². The van der Waals surface area contributed by atoms with Crippen molar-refractivity contribution in [3.05, 3.63) is 35.2 Å². The van der Waals surface area contributed by atoms with Gasteiger partial charge in [0.1, 0.15) is 0 Å². The van der Waals surface area contributed by atoms with E-state index in [0.717, 1.165) is 6.07 Å². The topological polar surface area (TPSA) is 56.7 Å². The molecule has 2 aromatic rings. The van der Waals surface area contributed by atoms with Gasteiger partial charge in [-0.3, -0.25) is 0 Å². The van der Waals surface area contributed by atoms with Gasteiger partial charge < -0.3 is 5.73 Å². The van der Waals surface area contributed by atoms with Crippen molar-refractivity contribution < 1.29 is 13.2 Å². The molecule has 0 fully saturated rings. The molecule has 90 valence electrons. The Morgan fingerprint density at radius 2 is 2.00 bits per heavy atom. The highest BCUT2D eigenvalue weighted by Gasteiger charge is 2.31. The number of hydrogen-bond donors (Lipinski definition) is 1. The van der Waals surface area contributed by atoms with Crippen molar-refractivity contribution in [1.29, 1.82) is 0 Å². The Labute approximate surface area is 98.8 Å². The zero-order chi connectivity index (χ0) is 12.6. The van der Waals surface area contributed by atoms with Crippen molar-refractivity contribution in [2.24, 2.45) is 0 Å². The lowest BCUT2D eigenvalue weighted by atomic mass is 10.3. The van der Waals surface area contributed by atoms with Crippen molar-refractivity contribution in [3.8, 4) is 5.82 Å². The molecule has 0 aliphatic heterocycles. The maximum absolute atomic E-state index is 12.4. The Morgan fingerprint density at radius 1 is 1.29 bits per heavy atom. The molecular formula is C9H6ClF3N4. The molecule has 2 aromatic heterocycles. The van der Waals surface area contributed by atoms with Gasteiger partial charge in [0.15, 0.2) is 5.82 Å². The summed E-state index contributed by atoms with van der Waals surface area (Å²) in [5.74, 6) is 0.0939. The molecule has 0 spiro atoms. The molecule has 0 atom stereocenters. The van der Waals surface area contributed by atoms with Crippen LogP contribution >= 0.6 is 11.6 Å². The molecule has 4 nitrogen and oxygen atoms in total. The molecule has 2 heterocycles. The Bertz CT molecular complexity index is 549. The van der Waals surface area contributed by atoms with Gasteiger partial charge in [0.2, 0.25) is 0 Å². The van der Waals surface area contributed by atoms with Crippen LogP contribution in [0.25, 0.3) is 5.82 Å². The zero-order valence-corrected chi connectivity index (χ0v) is 9.00. The Morgan fingerprint density at radius 3 is 2.47 bits per heavy atom. The zero-order valence-electron chi connectivity index (χ0n) is 8.24. The molecule has 0 aliphatic carbocycles. The largest absolute Gasteiger partial charge is 0.417 e. The average molecular weight is 263 g/mol. The molecule has 0 aromatic carbocycles. The fraction of sp³-hybridized carbons (Fsp3) is 0.111. The van der Waals surface area contributed by atoms with Crippen LogP contribution in [-0.4, -0.2) is 14.8 Å². The standard InChI is InChI=1S/C9H6ClF3N4/c10-7-1-5(9(11,12)13)2-15-8(7)17-4-6(14)3-16-17/h1-4H,14H2. The third kappa shape index (κ3) is 2.33. The number of nitrogen functional groups attached to an aromatic ring is 1. The molecule has 2 rings (SSSR count). The Kier molecular flexibility index (Phi) is 2.70. The van der Waals surface area contributed by atoms with E-state index < -0.39 is 11.7 Å². The van der Waals surface area contributed by atoms with Gasteiger partial charge in [-0.25, -0.2) is 9.67 Å². The van der Waals surface area contributed by atoms with Crippen LogP contribution in [0.15, 0.2) is 24.7 Å². The number of hydrogen-bond acceptors (Lipinski definition) is 3. The summed E-state index contributed by atoms with van der Waals surface area (Å²) in [6.45, 7) is 0. The van der Waals surface area contributed by atoms with Gasteiger partial charge in [0, 0.05) is 6.20 Å². The summed E-state index contributed by atoms with van der Waals surface area (Å²) in [7, 11) is 0. The summed E-state index contributed by atoms with van der Waals surface area (Å²) < 4.78 is 38.3. The number of rotatable bonds is 1. The van der Waals surface area contributed by atoms with Crippen molar-refractivity contribution >= 4 is 17.3 Å². The van der Waals surface area contributed by atoms with Crippen LogP contribution in [-0.2, 0) is 6.18 Å². The minimum absolute atomic E-state index is 0.0939. The lowest BCUT2D eigenvalue weighted by molar-refractivity contribution is -0.137. The quantitative estimate of drug-likeness (QED) is 0.859. The van der Waals surface area contributed by atoms with Gasteiger partial charge >= 0.3 is 6.18 Å². The van der Waals surface area contributed by atoms with E-state index in [0.29, 0.717) is 11.9 Å². The van der Waals surface area contributed by atoms with Gasteiger partial charge in [-0.05, 0) is 6.07 Å². The summed E-state index contributed by atoms with van der Waals surface area (Å²) in [6.07, 6.45) is -1.03. The molecule has 2 N–H and O–H groups in total. The Hall–Kier alpha value is -1.76. The van der Waals surface area contributed by atoms with Crippen molar-refractivity contribution in [2.45, 2.75) is 6.18 Å². The predicted molar refractivity (Wildman–Crippen MR) is 55.8 cm³/mol. The molecule has 0 saturated heterocycles. The third-order valence-corrected chi connectivity index (χ3v) is 2.25. The van der Waals surface area contributed by atoms with E-state index in [9.17, 15) is 13.2 Å². The second kappa shape index (κ2) is 3.92. The van der Waals surface area contributed by atoms with E-state index in [4.69, 9.17) is 17.3 Å². The van der Waals surface area contributed by atoms with E-state index in [1.165, 1.54) is 17.1 Å². The van der Waals surface area contributed by atoms with Crippen LogP contribution in [0.3, 0.4) is 0 Å². The second-order valence-electron chi connectivity index (χ2n) is 3.25. The fourth-order valence-electron chi connectivity index (χ4n) is 1.21. The summed E-state index contributed by atoms with van der Waals surface area (Å²) >= 11 is 5.72.